The predicted molar refractivity (Wildman–Crippen MR) is 87.2 cm³/mol. The minimum atomic E-state index is -0.444. The Hall–Kier alpha value is -1.43. The van der Waals surface area contributed by atoms with Crippen molar-refractivity contribution >= 4 is 5.91 Å². The molecular weight excluding hydrogens is 278 g/mol. The lowest BCUT2D eigenvalue weighted by Gasteiger charge is -2.26. The minimum Gasteiger partial charge on any atom is -0.379 e. The second kappa shape index (κ2) is 8.27. The highest BCUT2D eigenvalue weighted by Gasteiger charge is 2.16. The number of nitrogens with zero attached hydrogens (tertiary/aromatic N) is 1. The molecule has 2 rings (SSSR count). The monoisotopic (exact) mass is 305 g/mol. The van der Waals surface area contributed by atoms with Gasteiger partial charge in [0.1, 0.15) is 0 Å². The van der Waals surface area contributed by atoms with E-state index in [0.717, 1.165) is 38.4 Å². The lowest BCUT2D eigenvalue weighted by molar-refractivity contribution is -0.123. The van der Waals surface area contributed by atoms with Crippen LogP contribution in [0, 0.1) is 5.92 Å². The van der Waals surface area contributed by atoms with Crippen LogP contribution in [0.4, 0.5) is 0 Å². The van der Waals surface area contributed by atoms with Gasteiger partial charge in [0.25, 0.3) is 0 Å². The molecule has 1 unspecified atom stereocenters. The molecule has 0 radical (unpaired) electrons. The summed E-state index contributed by atoms with van der Waals surface area (Å²) in [5.74, 6) is 0.0586. The van der Waals surface area contributed by atoms with E-state index in [1.807, 2.05) is 13.8 Å². The Kier molecular flexibility index (Phi) is 6.36. The Balaban J connectivity index is 1.80. The van der Waals surface area contributed by atoms with Crippen LogP contribution in [0.1, 0.15) is 25.0 Å². The SMILES string of the molecule is CC(C)C(N)C(=O)NCc1ccc(CN2CCOCC2)cc1. The summed E-state index contributed by atoms with van der Waals surface area (Å²) in [6, 6.07) is 7.94. The van der Waals surface area contributed by atoms with E-state index in [1.165, 1.54) is 5.56 Å². The largest absolute Gasteiger partial charge is 0.379 e. The van der Waals surface area contributed by atoms with E-state index < -0.39 is 6.04 Å². The summed E-state index contributed by atoms with van der Waals surface area (Å²) in [6.07, 6.45) is 0. The molecule has 5 nitrogen and oxygen atoms in total. The van der Waals surface area contributed by atoms with Crippen molar-refractivity contribution in [2.45, 2.75) is 33.0 Å². The molecule has 1 aliphatic heterocycles. The second-order valence-corrected chi connectivity index (χ2v) is 6.19. The van der Waals surface area contributed by atoms with E-state index in [-0.39, 0.29) is 11.8 Å². The first-order valence-corrected chi connectivity index (χ1v) is 7.97. The van der Waals surface area contributed by atoms with E-state index in [2.05, 4.69) is 34.5 Å². The van der Waals surface area contributed by atoms with Crippen molar-refractivity contribution in [3.8, 4) is 0 Å². The Morgan fingerprint density at radius 2 is 1.82 bits per heavy atom. The molecule has 1 aliphatic rings. The van der Waals surface area contributed by atoms with E-state index in [9.17, 15) is 4.79 Å². The van der Waals surface area contributed by atoms with E-state index >= 15 is 0 Å². The molecule has 1 aromatic carbocycles. The summed E-state index contributed by atoms with van der Waals surface area (Å²) in [4.78, 5) is 14.2. The van der Waals surface area contributed by atoms with Crippen molar-refractivity contribution in [1.82, 2.24) is 10.2 Å². The molecule has 1 heterocycles. The molecule has 22 heavy (non-hydrogen) atoms. The zero-order valence-electron chi connectivity index (χ0n) is 13.5. The zero-order valence-corrected chi connectivity index (χ0v) is 13.5. The van der Waals surface area contributed by atoms with Gasteiger partial charge in [-0.25, -0.2) is 0 Å². The van der Waals surface area contributed by atoms with Gasteiger partial charge in [0.15, 0.2) is 0 Å². The lowest BCUT2D eigenvalue weighted by Crippen LogP contribution is -2.43. The Morgan fingerprint density at radius 3 is 2.41 bits per heavy atom. The maximum atomic E-state index is 11.8. The van der Waals surface area contributed by atoms with Crippen molar-refractivity contribution in [1.29, 1.82) is 0 Å². The third-order valence-corrected chi connectivity index (χ3v) is 4.02. The molecule has 0 spiro atoms. The van der Waals surface area contributed by atoms with Gasteiger partial charge in [0, 0.05) is 26.2 Å². The molecule has 1 saturated heterocycles. The number of amides is 1. The van der Waals surface area contributed by atoms with Crippen LogP contribution < -0.4 is 11.1 Å². The van der Waals surface area contributed by atoms with Gasteiger partial charge in [-0.05, 0) is 17.0 Å². The summed E-state index contributed by atoms with van der Waals surface area (Å²) in [6.45, 7) is 9.00. The van der Waals surface area contributed by atoms with Crippen LogP contribution in [-0.2, 0) is 22.6 Å². The normalized spacial score (nSPS) is 17.5. The summed E-state index contributed by atoms with van der Waals surface area (Å²) in [5.41, 5.74) is 8.21. The molecule has 3 N–H and O–H groups in total. The third kappa shape index (κ3) is 5.09. The molecule has 0 aliphatic carbocycles. The predicted octanol–water partition coefficient (Wildman–Crippen LogP) is 1.12. The van der Waals surface area contributed by atoms with Crippen molar-refractivity contribution in [3.05, 3.63) is 35.4 Å². The van der Waals surface area contributed by atoms with E-state index in [0.29, 0.717) is 6.54 Å². The van der Waals surface area contributed by atoms with Gasteiger partial charge < -0.3 is 15.8 Å². The maximum absolute atomic E-state index is 11.8. The van der Waals surface area contributed by atoms with Gasteiger partial charge in [-0.3, -0.25) is 9.69 Å². The van der Waals surface area contributed by atoms with E-state index in [1.54, 1.807) is 0 Å². The molecular formula is C17H27N3O2. The van der Waals surface area contributed by atoms with Gasteiger partial charge in [-0.15, -0.1) is 0 Å². The van der Waals surface area contributed by atoms with Crippen LogP contribution in [-0.4, -0.2) is 43.2 Å². The first-order chi connectivity index (χ1) is 10.6. The molecule has 0 bridgehead atoms. The number of hydrogen-bond acceptors (Lipinski definition) is 4. The Bertz CT molecular complexity index is 467. The fourth-order valence-electron chi connectivity index (χ4n) is 2.39. The highest BCUT2D eigenvalue weighted by Crippen LogP contribution is 2.09. The van der Waals surface area contributed by atoms with Crippen molar-refractivity contribution in [2.75, 3.05) is 26.3 Å². The summed E-state index contributed by atoms with van der Waals surface area (Å²) in [7, 11) is 0. The fourth-order valence-corrected chi connectivity index (χ4v) is 2.39. The van der Waals surface area contributed by atoms with Gasteiger partial charge in [0.2, 0.25) is 5.91 Å². The quantitative estimate of drug-likeness (QED) is 0.826. The Labute approximate surface area is 132 Å². The average Bonchev–Trinajstić information content (AvgIpc) is 2.54. The van der Waals surface area contributed by atoms with Crippen LogP contribution in [0.3, 0.4) is 0 Å². The number of carbonyl (C=O) groups is 1. The zero-order chi connectivity index (χ0) is 15.9. The molecule has 0 saturated carbocycles. The number of nitrogens with one attached hydrogen (secondary N) is 1. The van der Waals surface area contributed by atoms with Crippen LogP contribution in [0.15, 0.2) is 24.3 Å². The van der Waals surface area contributed by atoms with Crippen LogP contribution >= 0.6 is 0 Å². The lowest BCUT2D eigenvalue weighted by atomic mass is 10.0. The number of morpholine rings is 1. The van der Waals surface area contributed by atoms with Crippen LogP contribution in [0.5, 0.6) is 0 Å². The number of ether oxygens (including phenoxy) is 1. The van der Waals surface area contributed by atoms with Gasteiger partial charge in [-0.2, -0.15) is 0 Å². The average molecular weight is 305 g/mol. The van der Waals surface area contributed by atoms with Crippen LogP contribution in [0.2, 0.25) is 0 Å². The number of benzene rings is 1. The molecule has 0 aromatic heterocycles. The second-order valence-electron chi connectivity index (χ2n) is 6.19. The number of hydrogen-bond donors (Lipinski definition) is 2. The van der Waals surface area contributed by atoms with Gasteiger partial charge in [0.05, 0.1) is 19.3 Å². The molecule has 1 amide bonds. The fraction of sp³-hybridized carbons (Fsp3) is 0.588. The molecule has 1 atom stereocenters. The summed E-state index contributed by atoms with van der Waals surface area (Å²) < 4.78 is 5.35. The first-order valence-electron chi connectivity index (χ1n) is 7.97. The summed E-state index contributed by atoms with van der Waals surface area (Å²) in [5, 5.41) is 2.89. The highest BCUT2D eigenvalue weighted by molar-refractivity contribution is 5.81. The first kappa shape index (κ1) is 16.9. The number of rotatable bonds is 6. The molecule has 122 valence electrons. The Morgan fingerprint density at radius 1 is 1.23 bits per heavy atom. The third-order valence-electron chi connectivity index (χ3n) is 4.02. The number of nitrogens with two attached hydrogens (primary N) is 1. The highest BCUT2D eigenvalue weighted by atomic mass is 16.5. The van der Waals surface area contributed by atoms with Crippen molar-refractivity contribution in [3.63, 3.8) is 0 Å². The topological polar surface area (TPSA) is 67.6 Å². The van der Waals surface area contributed by atoms with E-state index in [4.69, 9.17) is 10.5 Å². The maximum Gasteiger partial charge on any atom is 0.237 e. The minimum absolute atomic E-state index is 0.0904. The molecule has 1 aromatic rings. The van der Waals surface area contributed by atoms with Gasteiger partial charge >= 0.3 is 0 Å². The van der Waals surface area contributed by atoms with Gasteiger partial charge in [-0.1, -0.05) is 38.1 Å². The molecule has 1 fully saturated rings. The summed E-state index contributed by atoms with van der Waals surface area (Å²) >= 11 is 0. The van der Waals surface area contributed by atoms with Crippen molar-refractivity contribution in [2.24, 2.45) is 11.7 Å². The standard InChI is InChI=1S/C17H27N3O2/c1-13(2)16(18)17(21)19-11-14-3-5-15(6-4-14)12-20-7-9-22-10-8-20/h3-6,13,16H,7-12,18H2,1-2H3,(H,19,21). The van der Waals surface area contributed by atoms with Crippen molar-refractivity contribution < 1.29 is 9.53 Å². The van der Waals surface area contributed by atoms with Crippen LogP contribution in [0.25, 0.3) is 0 Å². The smallest absolute Gasteiger partial charge is 0.237 e. The molecule has 5 heteroatoms. The number of carbonyl (C=O) groups excluding carboxylic acids is 1.